The fourth-order valence-electron chi connectivity index (χ4n) is 2.89. The highest BCUT2D eigenvalue weighted by Crippen LogP contribution is 2.23. The first-order valence-electron chi connectivity index (χ1n) is 7.40. The van der Waals surface area contributed by atoms with Gasteiger partial charge in [0.15, 0.2) is 0 Å². The maximum Gasteiger partial charge on any atom is 0.254 e. The molecule has 1 N–H and O–H groups in total. The number of aromatic nitrogens is 1. The van der Waals surface area contributed by atoms with Crippen molar-refractivity contribution in [2.75, 3.05) is 13.1 Å². The third-order valence-corrected chi connectivity index (χ3v) is 4.28. The van der Waals surface area contributed by atoms with Gasteiger partial charge in [-0.2, -0.15) is 0 Å². The molecular formula is C17H20N2O2. The molecule has 1 aliphatic heterocycles. The van der Waals surface area contributed by atoms with Crippen LogP contribution in [0, 0.1) is 12.8 Å². The molecule has 0 spiro atoms. The lowest BCUT2D eigenvalue weighted by Crippen LogP contribution is -2.45. The maximum absolute atomic E-state index is 12.8. The molecule has 1 saturated heterocycles. The first-order valence-corrected chi connectivity index (χ1v) is 7.40. The average molecular weight is 284 g/mol. The van der Waals surface area contributed by atoms with Gasteiger partial charge in [0.1, 0.15) is 0 Å². The van der Waals surface area contributed by atoms with E-state index in [2.05, 4.69) is 4.98 Å². The van der Waals surface area contributed by atoms with Gasteiger partial charge in [0.05, 0.1) is 17.2 Å². The number of β-amino-alcohol motifs (C(OH)–C–C–N with tert-alkyl or cyclic N) is 1. The molecule has 3 rings (SSSR count). The van der Waals surface area contributed by atoms with Crippen LogP contribution in [0.4, 0.5) is 0 Å². The van der Waals surface area contributed by atoms with Gasteiger partial charge in [0, 0.05) is 24.2 Å². The highest BCUT2D eigenvalue weighted by molar-refractivity contribution is 6.06. The first-order chi connectivity index (χ1) is 10.1. The molecule has 2 aromatic rings. The molecule has 1 aromatic carbocycles. The van der Waals surface area contributed by atoms with E-state index >= 15 is 0 Å². The van der Waals surface area contributed by atoms with E-state index in [-0.39, 0.29) is 11.8 Å². The molecule has 1 fully saturated rings. The Bertz CT molecular complexity index is 684. The number of aliphatic hydroxyl groups excluding tert-OH is 1. The van der Waals surface area contributed by atoms with Crippen LogP contribution >= 0.6 is 0 Å². The number of benzene rings is 1. The van der Waals surface area contributed by atoms with Gasteiger partial charge < -0.3 is 10.0 Å². The molecule has 21 heavy (non-hydrogen) atoms. The minimum absolute atomic E-state index is 0.0114. The monoisotopic (exact) mass is 284 g/mol. The quantitative estimate of drug-likeness (QED) is 0.875. The predicted octanol–water partition coefficient (Wildman–Crippen LogP) is 2.39. The number of aryl methyl sites for hydroxylation is 1. The summed E-state index contributed by atoms with van der Waals surface area (Å²) in [5.74, 6) is 0.243. The van der Waals surface area contributed by atoms with Crippen molar-refractivity contribution in [2.45, 2.75) is 26.4 Å². The van der Waals surface area contributed by atoms with E-state index < -0.39 is 6.10 Å². The van der Waals surface area contributed by atoms with Gasteiger partial charge in [-0.05, 0) is 31.4 Å². The van der Waals surface area contributed by atoms with Crippen molar-refractivity contribution in [1.82, 2.24) is 9.88 Å². The van der Waals surface area contributed by atoms with E-state index in [0.717, 1.165) is 23.0 Å². The van der Waals surface area contributed by atoms with Crippen molar-refractivity contribution in [1.29, 1.82) is 0 Å². The number of amides is 1. The van der Waals surface area contributed by atoms with Crippen molar-refractivity contribution < 1.29 is 9.90 Å². The molecule has 0 radical (unpaired) electrons. The SMILES string of the molecule is Cc1cc(C(=O)N2CCC(C)C(O)C2)c2ccccc2n1. The summed E-state index contributed by atoms with van der Waals surface area (Å²) in [5, 5.41) is 10.9. The van der Waals surface area contributed by atoms with Gasteiger partial charge >= 0.3 is 0 Å². The number of carbonyl (C=O) groups is 1. The first kappa shape index (κ1) is 14.0. The number of rotatable bonds is 1. The predicted molar refractivity (Wildman–Crippen MR) is 82.2 cm³/mol. The number of para-hydroxylation sites is 1. The Labute approximate surface area is 124 Å². The lowest BCUT2D eigenvalue weighted by molar-refractivity contribution is 0.0250. The Morgan fingerprint density at radius 2 is 2.14 bits per heavy atom. The largest absolute Gasteiger partial charge is 0.391 e. The number of hydrogen-bond acceptors (Lipinski definition) is 3. The van der Waals surface area contributed by atoms with E-state index in [9.17, 15) is 9.90 Å². The van der Waals surface area contributed by atoms with E-state index in [4.69, 9.17) is 0 Å². The van der Waals surface area contributed by atoms with Gasteiger partial charge in [-0.3, -0.25) is 9.78 Å². The van der Waals surface area contributed by atoms with E-state index in [1.807, 2.05) is 44.2 Å². The number of aliphatic hydroxyl groups is 1. The number of hydrogen-bond donors (Lipinski definition) is 1. The number of fused-ring (bicyclic) bond motifs is 1. The number of pyridine rings is 1. The zero-order chi connectivity index (χ0) is 15.0. The smallest absolute Gasteiger partial charge is 0.254 e. The molecular weight excluding hydrogens is 264 g/mol. The van der Waals surface area contributed by atoms with Gasteiger partial charge in [-0.1, -0.05) is 25.1 Å². The second kappa shape index (κ2) is 5.45. The minimum atomic E-state index is -0.433. The van der Waals surface area contributed by atoms with Crippen LogP contribution in [0.3, 0.4) is 0 Å². The van der Waals surface area contributed by atoms with Crippen molar-refractivity contribution in [3.8, 4) is 0 Å². The molecule has 1 aliphatic rings. The van der Waals surface area contributed by atoms with Crippen LogP contribution in [0.2, 0.25) is 0 Å². The van der Waals surface area contributed by atoms with Crippen LogP contribution in [0.1, 0.15) is 29.4 Å². The van der Waals surface area contributed by atoms with Crippen LogP contribution in [-0.4, -0.2) is 40.1 Å². The summed E-state index contributed by atoms with van der Waals surface area (Å²) in [6, 6.07) is 9.54. The summed E-state index contributed by atoms with van der Waals surface area (Å²) < 4.78 is 0. The highest BCUT2D eigenvalue weighted by Gasteiger charge is 2.28. The van der Waals surface area contributed by atoms with Crippen molar-refractivity contribution >= 4 is 16.8 Å². The Morgan fingerprint density at radius 1 is 1.38 bits per heavy atom. The number of nitrogens with zero attached hydrogens (tertiary/aromatic N) is 2. The van der Waals surface area contributed by atoms with Crippen molar-refractivity contribution in [3.05, 3.63) is 41.6 Å². The number of piperidine rings is 1. The molecule has 1 amide bonds. The third-order valence-electron chi connectivity index (χ3n) is 4.28. The second-order valence-corrected chi connectivity index (χ2v) is 5.91. The van der Waals surface area contributed by atoms with E-state index in [1.165, 1.54) is 0 Å². The normalized spacial score (nSPS) is 22.5. The lowest BCUT2D eigenvalue weighted by atomic mass is 9.95. The fraction of sp³-hybridized carbons (Fsp3) is 0.412. The summed E-state index contributed by atoms with van der Waals surface area (Å²) in [6.45, 7) is 5.04. The molecule has 2 heterocycles. The van der Waals surface area contributed by atoms with E-state index in [0.29, 0.717) is 18.7 Å². The van der Waals surface area contributed by atoms with Crippen LogP contribution in [0.5, 0.6) is 0 Å². The molecule has 4 heteroatoms. The Morgan fingerprint density at radius 3 is 2.90 bits per heavy atom. The molecule has 2 atom stereocenters. The molecule has 110 valence electrons. The minimum Gasteiger partial charge on any atom is -0.391 e. The van der Waals surface area contributed by atoms with Crippen LogP contribution in [-0.2, 0) is 0 Å². The zero-order valence-corrected chi connectivity index (χ0v) is 12.4. The molecule has 0 bridgehead atoms. The lowest BCUT2D eigenvalue weighted by Gasteiger charge is -2.34. The zero-order valence-electron chi connectivity index (χ0n) is 12.4. The standard InChI is InChI=1S/C17H20N2O2/c1-11-7-8-19(10-16(11)20)17(21)14-9-12(2)18-15-6-4-3-5-13(14)15/h3-6,9,11,16,20H,7-8,10H2,1-2H3. The number of likely N-dealkylation sites (tertiary alicyclic amines) is 1. The van der Waals surface area contributed by atoms with Crippen molar-refractivity contribution in [2.24, 2.45) is 5.92 Å². The number of carbonyl (C=O) groups excluding carboxylic acids is 1. The van der Waals surface area contributed by atoms with Crippen LogP contribution in [0.15, 0.2) is 30.3 Å². The van der Waals surface area contributed by atoms with Gasteiger partial charge in [-0.15, -0.1) is 0 Å². The topological polar surface area (TPSA) is 53.4 Å². The maximum atomic E-state index is 12.8. The van der Waals surface area contributed by atoms with Crippen LogP contribution < -0.4 is 0 Å². The molecule has 0 saturated carbocycles. The van der Waals surface area contributed by atoms with Crippen molar-refractivity contribution in [3.63, 3.8) is 0 Å². The Hall–Kier alpha value is -1.94. The molecule has 1 aromatic heterocycles. The Balaban J connectivity index is 1.98. The van der Waals surface area contributed by atoms with E-state index in [1.54, 1.807) is 4.90 Å². The molecule has 2 unspecified atom stereocenters. The Kier molecular flexibility index (Phi) is 3.64. The second-order valence-electron chi connectivity index (χ2n) is 5.91. The summed E-state index contributed by atoms with van der Waals surface area (Å²) in [5.41, 5.74) is 2.36. The van der Waals surface area contributed by atoms with Crippen LogP contribution in [0.25, 0.3) is 10.9 Å². The average Bonchev–Trinajstić information content (AvgIpc) is 2.48. The van der Waals surface area contributed by atoms with Gasteiger partial charge in [0.2, 0.25) is 0 Å². The molecule has 4 nitrogen and oxygen atoms in total. The third kappa shape index (κ3) is 2.63. The fourth-order valence-corrected chi connectivity index (χ4v) is 2.89. The summed E-state index contributed by atoms with van der Waals surface area (Å²) in [6.07, 6.45) is 0.409. The van der Waals surface area contributed by atoms with Gasteiger partial charge in [0.25, 0.3) is 5.91 Å². The summed E-state index contributed by atoms with van der Waals surface area (Å²) >= 11 is 0. The molecule has 0 aliphatic carbocycles. The summed E-state index contributed by atoms with van der Waals surface area (Å²) in [4.78, 5) is 19.0. The van der Waals surface area contributed by atoms with Gasteiger partial charge in [-0.25, -0.2) is 0 Å². The highest BCUT2D eigenvalue weighted by atomic mass is 16.3. The summed E-state index contributed by atoms with van der Waals surface area (Å²) in [7, 11) is 0.